The summed E-state index contributed by atoms with van der Waals surface area (Å²) in [5.74, 6) is -1.91. The third kappa shape index (κ3) is 7.75. The fourth-order valence-corrected chi connectivity index (χ4v) is 4.24. The highest BCUT2D eigenvalue weighted by Crippen LogP contribution is 2.20. The van der Waals surface area contributed by atoms with Gasteiger partial charge in [0.1, 0.15) is 0 Å². The quantitative estimate of drug-likeness (QED) is 0.236. The number of carbonyl (C=O) groups excluding carboxylic acids is 3. The number of sulfonamides is 1. The van der Waals surface area contributed by atoms with E-state index in [4.69, 9.17) is 11.6 Å². The van der Waals surface area contributed by atoms with Crippen molar-refractivity contribution in [1.82, 2.24) is 16.2 Å². The van der Waals surface area contributed by atoms with Crippen LogP contribution < -0.4 is 20.9 Å². The maximum atomic E-state index is 12.7. The van der Waals surface area contributed by atoms with Crippen molar-refractivity contribution in [2.45, 2.75) is 11.3 Å². The first-order valence-corrected chi connectivity index (χ1v) is 12.4. The molecule has 0 aromatic heterocycles. The summed E-state index contributed by atoms with van der Waals surface area (Å²) in [6.07, 6.45) is -0.184. The highest BCUT2D eigenvalue weighted by molar-refractivity contribution is 7.92. The van der Waals surface area contributed by atoms with E-state index in [1.807, 2.05) is 0 Å². The Kier molecular flexibility index (Phi) is 8.77. The van der Waals surface area contributed by atoms with Gasteiger partial charge in [0.15, 0.2) is 0 Å². The number of nitro groups is 1. The number of anilines is 1. The number of nitrogens with zero attached hydrogens (tertiary/aromatic N) is 1. The van der Waals surface area contributed by atoms with Gasteiger partial charge in [0, 0.05) is 41.2 Å². The number of non-ortho nitro benzene ring substituents is 1. The molecule has 37 heavy (non-hydrogen) atoms. The van der Waals surface area contributed by atoms with Crippen molar-refractivity contribution in [3.05, 3.63) is 99.1 Å². The van der Waals surface area contributed by atoms with E-state index in [2.05, 4.69) is 20.9 Å². The molecule has 0 fully saturated rings. The van der Waals surface area contributed by atoms with Crippen LogP contribution in [0.15, 0.2) is 77.7 Å². The molecule has 0 saturated heterocycles. The van der Waals surface area contributed by atoms with Crippen LogP contribution >= 0.6 is 11.6 Å². The molecule has 0 unspecified atom stereocenters. The number of hydrogen-bond acceptors (Lipinski definition) is 7. The lowest BCUT2D eigenvalue weighted by Crippen LogP contribution is -2.42. The number of amides is 3. The van der Waals surface area contributed by atoms with Crippen molar-refractivity contribution in [2.24, 2.45) is 0 Å². The van der Waals surface area contributed by atoms with E-state index in [0.717, 1.165) is 6.07 Å². The molecule has 4 N–H and O–H groups in total. The van der Waals surface area contributed by atoms with Crippen LogP contribution in [0.1, 0.15) is 27.1 Å². The predicted octanol–water partition coefficient (Wildman–Crippen LogP) is 2.63. The first-order chi connectivity index (χ1) is 17.5. The molecule has 0 heterocycles. The van der Waals surface area contributed by atoms with Gasteiger partial charge < -0.3 is 5.32 Å². The lowest BCUT2D eigenvalue weighted by atomic mass is 10.2. The first-order valence-electron chi connectivity index (χ1n) is 10.6. The molecule has 3 aromatic rings. The van der Waals surface area contributed by atoms with Crippen molar-refractivity contribution in [1.29, 1.82) is 0 Å². The third-order valence-electron chi connectivity index (χ3n) is 4.78. The van der Waals surface area contributed by atoms with E-state index in [9.17, 15) is 32.9 Å². The molecule has 12 nitrogen and oxygen atoms in total. The fourth-order valence-electron chi connectivity index (χ4n) is 2.96. The summed E-state index contributed by atoms with van der Waals surface area (Å²) < 4.78 is 27.7. The number of hydrogen-bond donors (Lipinski definition) is 4. The highest BCUT2D eigenvalue weighted by atomic mass is 35.5. The molecule has 3 amide bonds. The van der Waals surface area contributed by atoms with Gasteiger partial charge >= 0.3 is 0 Å². The number of benzene rings is 3. The van der Waals surface area contributed by atoms with Gasteiger partial charge in [0.25, 0.3) is 27.5 Å². The lowest BCUT2D eigenvalue weighted by Gasteiger charge is -2.11. The number of nitro benzene ring substituents is 1. The van der Waals surface area contributed by atoms with Crippen molar-refractivity contribution < 1.29 is 27.7 Å². The second kappa shape index (κ2) is 12.0. The molecular weight excluding hydrogens is 526 g/mol. The lowest BCUT2D eigenvalue weighted by molar-refractivity contribution is -0.384. The van der Waals surface area contributed by atoms with E-state index in [1.54, 1.807) is 12.1 Å². The van der Waals surface area contributed by atoms with Gasteiger partial charge in [-0.1, -0.05) is 23.7 Å². The number of rotatable bonds is 9. The molecule has 0 radical (unpaired) electrons. The summed E-state index contributed by atoms with van der Waals surface area (Å²) in [7, 11) is -4.02. The molecular formula is C23H20ClN5O7S. The molecule has 0 aliphatic heterocycles. The molecule has 3 aromatic carbocycles. The molecule has 0 aliphatic rings. The molecule has 0 spiro atoms. The molecule has 14 heteroatoms. The molecule has 3 rings (SSSR count). The predicted molar refractivity (Wildman–Crippen MR) is 134 cm³/mol. The maximum Gasteiger partial charge on any atom is 0.269 e. The highest BCUT2D eigenvalue weighted by Gasteiger charge is 2.17. The van der Waals surface area contributed by atoms with Crippen LogP contribution in [0, 0.1) is 10.1 Å². The molecule has 192 valence electrons. The average molecular weight is 546 g/mol. The summed E-state index contributed by atoms with van der Waals surface area (Å²) >= 11 is 5.87. The zero-order valence-corrected chi connectivity index (χ0v) is 20.5. The van der Waals surface area contributed by atoms with Gasteiger partial charge in [0.05, 0.1) is 15.5 Å². The minimum absolute atomic E-state index is 0.0271. The Balaban J connectivity index is 1.49. The van der Waals surface area contributed by atoms with Crippen LogP contribution in [0.5, 0.6) is 0 Å². The van der Waals surface area contributed by atoms with Gasteiger partial charge in [-0.3, -0.25) is 40.1 Å². The number of halogens is 1. The normalized spacial score (nSPS) is 10.7. The first kappa shape index (κ1) is 27.1. The van der Waals surface area contributed by atoms with Gasteiger partial charge in [0.2, 0.25) is 5.91 Å². The summed E-state index contributed by atoms with van der Waals surface area (Å²) in [6.45, 7) is -0.0690. The Morgan fingerprint density at radius 2 is 1.57 bits per heavy atom. The minimum Gasteiger partial charge on any atom is -0.352 e. The van der Waals surface area contributed by atoms with Gasteiger partial charge in [-0.2, -0.15) is 0 Å². The van der Waals surface area contributed by atoms with E-state index >= 15 is 0 Å². The largest absolute Gasteiger partial charge is 0.352 e. The van der Waals surface area contributed by atoms with Crippen LogP contribution in [-0.4, -0.2) is 37.6 Å². The topological polar surface area (TPSA) is 177 Å². The molecule has 0 saturated carbocycles. The van der Waals surface area contributed by atoms with Crippen LogP contribution in [-0.2, 0) is 14.8 Å². The Hall–Kier alpha value is -4.49. The van der Waals surface area contributed by atoms with Crippen molar-refractivity contribution in [3.8, 4) is 0 Å². The fraction of sp³-hybridized carbons (Fsp3) is 0.0870. The summed E-state index contributed by atoms with van der Waals surface area (Å²) in [5.41, 5.74) is 4.59. The van der Waals surface area contributed by atoms with Gasteiger partial charge in [-0.05, 0) is 48.5 Å². The third-order valence-corrected chi connectivity index (χ3v) is 6.39. The van der Waals surface area contributed by atoms with E-state index in [0.29, 0.717) is 5.02 Å². The average Bonchev–Trinajstić information content (AvgIpc) is 2.87. The second-order valence-electron chi connectivity index (χ2n) is 7.46. The molecule has 0 bridgehead atoms. The zero-order chi connectivity index (χ0) is 27.0. The standard InChI is InChI=1S/C23H20ClN5O7S/c24-17-4-2-5-18(14-17)28-37(35,36)20-6-1-3-16(13-20)23(32)27-26-21(30)11-12-25-22(31)15-7-9-19(10-8-15)29(33)34/h1-10,13-14,28H,11-12H2,(H,25,31)(H,26,30)(H,27,32). The number of hydrazine groups is 1. The Morgan fingerprint density at radius 1 is 0.865 bits per heavy atom. The van der Waals surface area contributed by atoms with E-state index < -0.39 is 32.7 Å². The Labute approximate surface area is 216 Å². The van der Waals surface area contributed by atoms with Crippen molar-refractivity contribution in [2.75, 3.05) is 11.3 Å². The zero-order valence-electron chi connectivity index (χ0n) is 18.9. The van der Waals surface area contributed by atoms with Crippen molar-refractivity contribution >= 4 is 50.7 Å². The summed E-state index contributed by atoms with van der Waals surface area (Å²) in [4.78, 5) is 46.4. The second-order valence-corrected chi connectivity index (χ2v) is 9.57. The Morgan fingerprint density at radius 3 is 2.24 bits per heavy atom. The van der Waals surface area contributed by atoms with Gasteiger partial charge in [-0.15, -0.1) is 0 Å². The van der Waals surface area contributed by atoms with Crippen LogP contribution in [0.3, 0.4) is 0 Å². The van der Waals surface area contributed by atoms with Gasteiger partial charge in [-0.25, -0.2) is 8.42 Å². The SMILES string of the molecule is O=C(CCNC(=O)c1ccc([N+](=O)[O-])cc1)NNC(=O)c1cccc(S(=O)(=O)Nc2cccc(Cl)c2)c1. The van der Waals surface area contributed by atoms with Crippen LogP contribution in [0.4, 0.5) is 11.4 Å². The van der Waals surface area contributed by atoms with Crippen LogP contribution in [0.2, 0.25) is 5.02 Å². The molecule has 0 atom stereocenters. The maximum absolute atomic E-state index is 12.7. The van der Waals surface area contributed by atoms with Crippen LogP contribution in [0.25, 0.3) is 0 Å². The monoisotopic (exact) mass is 545 g/mol. The minimum atomic E-state index is -4.02. The number of carbonyl (C=O) groups is 3. The summed E-state index contributed by atoms with van der Waals surface area (Å²) in [6, 6.07) is 16.2. The van der Waals surface area contributed by atoms with E-state index in [-0.39, 0.29) is 40.4 Å². The number of nitrogens with one attached hydrogen (secondary N) is 4. The Bertz CT molecular complexity index is 1450. The molecule has 0 aliphatic carbocycles. The smallest absolute Gasteiger partial charge is 0.269 e. The van der Waals surface area contributed by atoms with E-state index in [1.165, 1.54) is 54.6 Å². The summed E-state index contributed by atoms with van der Waals surface area (Å²) in [5, 5.41) is 13.5. The van der Waals surface area contributed by atoms with Crippen molar-refractivity contribution in [3.63, 3.8) is 0 Å².